The number of methoxy groups -OCH3 is 1. The zero-order valence-corrected chi connectivity index (χ0v) is 22.1. The summed E-state index contributed by atoms with van der Waals surface area (Å²) in [4.78, 5) is 12.7. The normalized spacial score (nSPS) is 22.9. The van der Waals surface area contributed by atoms with Crippen molar-refractivity contribution in [3.8, 4) is 0 Å². The molecule has 4 aromatic rings. The second-order valence-corrected chi connectivity index (χ2v) is 9.59. The molecule has 0 aromatic heterocycles. The average Bonchev–Trinajstić information content (AvgIpc) is 3.02. The van der Waals surface area contributed by atoms with Gasteiger partial charge in [0.25, 0.3) is 0 Å². The zero-order valence-electron chi connectivity index (χ0n) is 22.1. The van der Waals surface area contributed by atoms with E-state index in [1.54, 1.807) is 30.3 Å². The third kappa shape index (κ3) is 5.56. The highest BCUT2D eigenvalue weighted by atomic mass is 16.7. The monoisotopic (exact) mass is 540 g/mol. The lowest BCUT2D eigenvalue weighted by atomic mass is 9.80. The van der Waals surface area contributed by atoms with Crippen LogP contribution in [0.5, 0.6) is 0 Å². The fourth-order valence-corrected chi connectivity index (χ4v) is 5.10. The number of carbonyl (C=O) groups excluding carboxylic acids is 1. The largest absolute Gasteiger partial charge is 0.450 e. The van der Waals surface area contributed by atoms with E-state index in [4.69, 9.17) is 18.9 Å². The Hall–Kier alpha value is -3.85. The summed E-state index contributed by atoms with van der Waals surface area (Å²) in [7, 11) is 1.39. The van der Waals surface area contributed by atoms with Crippen LogP contribution in [-0.2, 0) is 24.5 Å². The topological polar surface area (TPSA) is 94.5 Å². The Morgan fingerprint density at radius 3 is 1.62 bits per heavy atom. The Balaban J connectivity index is 1.44. The van der Waals surface area contributed by atoms with Crippen molar-refractivity contribution in [1.29, 1.82) is 0 Å². The molecule has 0 spiro atoms. The van der Waals surface area contributed by atoms with Gasteiger partial charge in [0.05, 0.1) is 12.2 Å². The van der Waals surface area contributed by atoms with Gasteiger partial charge in [0.2, 0.25) is 0 Å². The first-order valence-corrected chi connectivity index (χ1v) is 13.2. The lowest BCUT2D eigenvalue weighted by Crippen LogP contribution is -2.60. The second-order valence-electron chi connectivity index (χ2n) is 9.59. The molecule has 7 nitrogen and oxygen atoms in total. The Bertz CT molecular complexity index is 1250. The van der Waals surface area contributed by atoms with E-state index in [1.807, 2.05) is 91.0 Å². The number of esters is 1. The maximum atomic E-state index is 12.7. The van der Waals surface area contributed by atoms with Crippen molar-refractivity contribution in [2.75, 3.05) is 13.7 Å². The van der Waals surface area contributed by atoms with Crippen molar-refractivity contribution in [3.05, 3.63) is 144 Å². The van der Waals surface area contributed by atoms with Crippen LogP contribution in [0.1, 0.15) is 27.0 Å². The van der Waals surface area contributed by atoms with Gasteiger partial charge < -0.3 is 29.2 Å². The van der Waals surface area contributed by atoms with Crippen LogP contribution >= 0.6 is 0 Å². The van der Waals surface area contributed by atoms with Gasteiger partial charge in [0.1, 0.15) is 23.9 Å². The number of hydrogen-bond acceptors (Lipinski definition) is 7. The van der Waals surface area contributed by atoms with E-state index in [-0.39, 0.29) is 6.61 Å². The first kappa shape index (κ1) is 27.7. The van der Waals surface area contributed by atoms with E-state index in [2.05, 4.69) is 0 Å². The number of aliphatic hydroxyl groups excluding tert-OH is 2. The van der Waals surface area contributed by atoms with Crippen molar-refractivity contribution in [3.63, 3.8) is 0 Å². The molecule has 4 aromatic carbocycles. The summed E-state index contributed by atoms with van der Waals surface area (Å²) >= 11 is 0. The summed E-state index contributed by atoms with van der Waals surface area (Å²) < 4.78 is 23.8. The first-order valence-electron chi connectivity index (χ1n) is 13.2. The summed E-state index contributed by atoms with van der Waals surface area (Å²) in [5.41, 5.74) is 1.92. The number of benzene rings is 4. The maximum absolute atomic E-state index is 12.7. The molecule has 0 amide bonds. The standard InChI is InChI=1S/C33H32O7/c1-37-32-30(40-31(36)23-14-6-2-7-15-23)29(35)28(34)27(39-32)22-38-33(24-16-8-3-9-17-24,25-18-10-4-11-19-25)26-20-12-5-13-21-26/h2-21,27-30,32,34-35H,22H2,1H3/t27-,28-,29+,30-,32+/m1/s1. The summed E-state index contributed by atoms with van der Waals surface area (Å²) in [6.07, 6.45) is -6.24. The van der Waals surface area contributed by atoms with E-state index in [0.29, 0.717) is 5.56 Å². The number of rotatable bonds is 9. The van der Waals surface area contributed by atoms with Crippen molar-refractivity contribution in [1.82, 2.24) is 0 Å². The van der Waals surface area contributed by atoms with Crippen LogP contribution in [0.15, 0.2) is 121 Å². The Morgan fingerprint density at radius 2 is 1.18 bits per heavy atom. The van der Waals surface area contributed by atoms with Gasteiger partial charge in [-0.2, -0.15) is 0 Å². The Morgan fingerprint density at radius 1 is 0.725 bits per heavy atom. The highest BCUT2D eigenvalue weighted by Crippen LogP contribution is 2.41. The van der Waals surface area contributed by atoms with E-state index in [1.165, 1.54) is 7.11 Å². The van der Waals surface area contributed by atoms with E-state index in [9.17, 15) is 15.0 Å². The molecule has 0 aliphatic carbocycles. The molecule has 7 heteroatoms. The van der Waals surface area contributed by atoms with Gasteiger partial charge in [-0.1, -0.05) is 109 Å². The first-order chi connectivity index (χ1) is 19.5. The van der Waals surface area contributed by atoms with Crippen LogP contribution < -0.4 is 0 Å². The quantitative estimate of drug-likeness (QED) is 0.241. The fraction of sp³-hybridized carbons (Fsp3) is 0.242. The van der Waals surface area contributed by atoms with Crippen LogP contribution in [-0.4, -0.2) is 60.6 Å². The molecule has 1 saturated heterocycles. The van der Waals surface area contributed by atoms with Crippen LogP contribution in [0.4, 0.5) is 0 Å². The zero-order chi connectivity index (χ0) is 28.0. The highest BCUT2D eigenvalue weighted by Gasteiger charge is 2.48. The molecule has 40 heavy (non-hydrogen) atoms. The van der Waals surface area contributed by atoms with Crippen molar-refractivity contribution in [2.45, 2.75) is 36.3 Å². The van der Waals surface area contributed by atoms with Crippen molar-refractivity contribution in [2.24, 2.45) is 0 Å². The van der Waals surface area contributed by atoms with Gasteiger partial charge in [-0.3, -0.25) is 0 Å². The number of hydrogen-bond donors (Lipinski definition) is 2. The third-order valence-electron chi connectivity index (χ3n) is 7.13. The second kappa shape index (κ2) is 12.6. The lowest BCUT2D eigenvalue weighted by Gasteiger charge is -2.43. The molecule has 0 radical (unpaired) electrons. The minimum atomic E-state index is -1.47. The lowest BCUT2D eigenvalue weighted by molar-refractivity contribution is -0.298. The SMILES string of the molecule is CO[C@H]1O[C@H](COC(c2ccccc2)(c2ccccc2)c2ccccc2)[C@@H](O)[C@H](O)[C@H]1OC(=O)c1ccccc1. The van der Waals surface area contributed by atoms with Gasteiger partial charge >= 0.3 is 5.97 Å². The molecule has 0 saturated carbocycles. The van der Waals surface area contributed by atoms with E-state index < -0.39 is 42.3 Å². The van der Waals surface area contributed by atoms with Crippen LogP contribution in [0.2, 0.25) is 0 Å². The average molecular weight is 541 g/mol. The molecule has 2 N–H and O–H groups in total. The molecule has 1 aliphatic heterocycles. The summed E-state index contributed by atoms with van der Waals surface area (Å²) in [6.45, 7) is -0.101. The minimum absolute atomic E-state index is 0.101. The smallest absolute Gasteiger partial charge is 0.338 e. The third-order valence-corrected chi connectivity index (χ3v) is 7.13. The summed E-state index contributed by atoms with van der Waals surface area (Å²) in [5, 5.41) is 22.2. The van der Waals surface area contributed by atoms with Gasteiger partial charge in [-0.05, 0) is 28.8 Å². The van der Waals surface area contributed by atoms with Gasteiger partial charge in [-0.25, -0.2) is 4.79 Å². The number of aliphatic hydroxyl groups is 2. The van der Waals surface area contributed by atoms with Crippen molar-refractivity contribution < 1.29 is 34.0 Å². The Kier molecular flexibility index (Phi) is 8.69. The number of carbonyl (C=O) groups is 1. The molecular formula is C33H32O7. The predicted octanol–water partition coefficient (Wildman–Crippen LogP) is 4.31. The Labute approximate surface area is 233 Å². The summed E-state index contributed by atoms with van der Waals surface area (Å²) in [6, 6.07) is 37.8. The van der Waals surface area contributed by atoms with Crippen LogP contribution in [0, 0.1) is 0 Å². The van der Waals surface area contributed by atoms with Crippen LogP contribution in [0.3, 0.4) is 0 Å². The molecule has 206 valence electrons. The molecule has 0 unspecified atom stereocenters. The molecular weight excluding hydrogens is 508 g/mol. The van der Waals surface area contributed by atoms with Gasteiger partial charge in [0, 0.05) is 7.11 Å². The van der Waals surface area contributed by atoms with Crippen molar-refractivity contribution >= 4 is 5.97 Å². The molecule has 0 bridgehead atoms. The van der Waals surface area contributed by atoms with E-state index >= 15 is 0 Å². The van der Waals surface area contributed by atoms with Gasteiger partial charge in [-0.15, -0.1) is 0 Å². The van der Waals surface area contributed by atoms with Gasteiger partial charge in [0.15, 0.2) is 12.4 Å². The minimum Gasteiger partial charge on any atom is -0.450 e. The van der Waals surface area contributed by atoms with E-state index in [0.717, 1.165) is 16.7 Å². The maximum Gasteiger partial charge on any atom is 0.338 e. The molecule has 1 aliphatic rings. The number of ether oxygens (including phenoxy) is 4. The molecule has 1 fully saturated rings. The molecule has 1 heterocycles. The molecule has 5 rings (SSSR count). The summed E-state index contributed by atoms with van der Waals surface area (Å²) in [5.74, 6) is -0.659. The fourth-order valence-electron chi connectivity index (χ4n) is 5.10. The van der Waals surface area contributed by atoms with Crippen LogP contribution in [0.25, 0.3) is 0 Å². The molecule has 5 atom stereocenters. The highest BCUT2D eigenvalue weighted by molar-refractivity contribution is 5.89. The predicted molar refractivity (Wildman–Crippen MR) is 148 cm³/mol.